The fourth-order valence-corrected chi connectivity index (χ4v) is 1.13. The van der Waals surface area contributed by atoms with E-state index < -0.39 is 11.9 Å². The molecule has 1 atom stereocenters. The molecular formula is C10H20N4O2. The van der Waals surface area contributed by atoms with Crippen LogP contribution in [0.15, 0.2) is 4.99 Å². The van der Waals surface area contributed by atoms with Crippen LogP contribution in [0.3, 0.4) is 0 Å². The van der Waals surface area contributed by atoms with Crippen molar-refractivity contribution in [1.82, 2.24) is 5.32 Å². The number of carbonyl (C=O) groups is 2. The van der Waals surface area contributed by atoms with Crippen molar-refractivity contribution in [2.75, 3.05) is 6.54 Å². The van der Waals surface area contributed by atoms with Gasteiger partial charge >= 0.3 is 0 Å². The number of nitrogens with two attached hydrogens (primary N) is 2. The smallest absolute Gasteiger partial charge is 0.240 e. The van der Waals surface area contributed by atoms with E-state index in [9.17, 15) is 9.59 Å². The third-order valence-corrected chi connectivity index (χ3v) is 2.01. The van der Waals surface area contributed by atoms with E-state index in [1.807, 2.05) is 0 Å². The first-order valence-electron chi connectivity index (χ1n) is 5.32. The largest absolute Gasteiger partial charge is 0.388 e. The second-order valence-electron chi connectivity index (χ2n) is 3.54. The summed E-state index contributed by atoms with van der Waals surface area (Å²) in [6.45, 7) is 3.95. The molecule has 0 spiro atoms. The number of hydrogen-bond donors (Lipinski definition) is 3. The van der Waals surface area contributed by atoms with Gasteiger partial charge in [-0.1, -0.05) is 6.92 Å². The Hall–Kier alpha value is -1.59. The van der Waals surface area contributed by atoms with Gasteiger partial charge < -0.3 is 16.8 Å². The van der Waals surface area contributed by atoms with Crippen LogP contribution in [0.5, 0.6) is 0 Å². The molecule has 0 saturated carbocycles. The lowest BCUT2D eigenvalue weighted by Crippen LogP contribution is -2.44. The lowest BCUT2D eigenvalue weighted by molar-refractivity contribution is -0.127. The Morgan fingerprint density at radius 2 is 2.00 bits per heavy atom. The molecule has 0 aliphatic carbocycles. The van der Waals surface area contributed by atoms with Gasteiger partial charge in [-0.05, 0) is 19.8 Å². The molecule has 0 bridgehead atoms. The zero-order chi connectivity index (χ0) is 12.6. The normalized spacial score (nSPS) is 13.2. The Balaban J connectivity index is 4.00. The maximum Gasteiger partial charge on any atom is 0.240 e. The van der Waals surface area contributed by atoms with Crippen LogP contribution in [0.25, 0.3) is 0 Å². The first-order chi connectivity index (χ1) is 7.47. The van der Waals surface area contributed by atoms with Crippen molar-refractivity contribution < 1.29 is 9.59 Å². The highest BCUT2D eigenvalue weighted by Crippen LogP contribution is 1.98. The van der Waals surface area contributed by atoms with Gasteiger partial charge in [0.1, 0.15) is 6.04 Å². The maximum atomic E-state index is 11.1. The van der Waals surface area contributed by atoms with Gasteiger partial charge in [-0.2, -0.15) is 0 Å². The van der Waals surface area contributed by atoms with Crippen LogP contribution < -0.4 is 16.8 Å². The van der Waals surface area contributed by atoms with Gasteiger partial charge in [-0.25, -0.2) is 0 Å². The van der Waals surface area contributed by atoms with Crippen LogP contribution in [-0.2, 0) is 9.59 Å². The van der Waals surface area contributed by atoms with E-state index in [1.165, 1.54) is 0 Å². The average molecular weight is 228 g/mol. The monoisotopic (exact) mass is 228 g/mol. The summed E-state index contributed by atoms with van der Waals surface area (Å²) in [6, 6.07) is -0.610. The summed E-state index contributed by atoms with van der Waals surface area (Å²) in [7, 11) is 0. The number of primary amides is 1. The van der Waals surface area contributed by atoms with Crippen LogP contribution >= 0.6 is 0 Å². The summed E-state index contributed by atoms with van der Waals surface area (Å²) in [5.41, 5.74) is 10.5. The summed E-state index contributed by atoms with van der Waals surface area (Å²) in [6.07, 6.45) is 1.48. The first-order valence-corrected chi connectivity index (χ1v) is 5.32. The summed E-state index contributed by atoms with van der Waals surface area (Å²) in [5, 5.41) is 2.56. The van der Waals surface area contributed by atoms with Gasteiger partial charge in [0.05, 0.1) is 5.84 Å². The summed E-state index contributed by atoms with van der Waals surface area (Å²) in [5.74, 6) is -0.189. The van der Waals surface area contributed by atoms with Gasteiger partial charge in [0, 0.05) is 13.0 Å². The van der Waals surface area contributed by atoms with E-state index in [4.69, 9.17) is 11.5 Å². The van der Waals surface area contributed by atoms with Crippen molar-refractivity contribution in [3.05, 3.63) is 0 Å². The maximum absolute atomic E-state index is 11.1. The molecule has 2 amide bonds. The van der Waals surface area contributed by atoms with Crippen molar-refractivity contribution >= 4 is 17.6 Å². The highest BCUT2D eigenvalue weighted by molar-refractivity contribution is 5.86. The lowest BCUT2D eigenvalue weighted by atomic mass is 10.1. The van der Waals surface area contributed by atoms with Gasteiger partial charge in [-0.15, -0.1) is 0 Å². The molecule has 1 unspecified atom stereocenters. The zero-order valence-corrected chi connectivity index (χ0v) is 9.82. The van der Waals surface area contributed by atoms with Gasteiger partial charge in [-0.3, -0.25) is 14.6 Å². The Morgan fingerprint density at radius 1 is 1.38 bits per heavy atom. The van der Waals surface area contributed by atoms with E-state index in [0.29, 0.717) is 31.6 Å². The molecule has 0 rings (SSSR count). The minimum atomic E-state index is -0.610. The molecule has 0 radical (unpaired) electrons. The molecule has 0 saturated heterocycles. The number of carbonyl (C=O) groups excluding carboxylic acids is 2. The Morgan fingerprint density at radius 3 is 2.44 bits per heavy atom. The van der Waals surface area contributed by atoms with Crippen LogP contribution in [0.4, 0.5) is 0 Å². The minimum absolute atomic E-state index is 0.178. The predicted octanol–water partition coefficient (Wildman–Crippen LogP) is -0.476. The van der Waals surface area contributed by atoms with E-state index in [2.05, 4.69) is 10.3 Å². The van der Waals surface area contributed by atoms with Crippen LogP contribution in [0.1, 0.15) is 33.1 Å². The number of rotatable bonds is 7. The molecule has 0 fully saturated rings. The van der Waals surface area contributed by atoms with Gasteiger partial charge in [0.15, 0.2) is 0 Å². The highest BCUT2D eigenvalue weighted by Gasteiger charge is 2.16. The number of hydrogen-bond acceptors (Lipinski definition) is 3. The number of amidine groups is 1. The molecule has 0 aromatic heterocycles. The number of aliphatic imine (C=N–C) groups is 1. The zero-order valence-electron chi connectivity index (χ0n) is 9.82. The highest BCUT2D eigenvalue weighted by atomic mass is 16.2. The van der Waals surface area contributed by atoms with Crippen molar-refractivity contribution in [2.45, 2.75) is 39.2 Å². The molecule has 0 aromatic rings. The topological polar surface area (TPSA) is 111 Å². The minimum Gasteiger partial charge on any atom is -0.388 e. The molecule has 0 heterocycles. The fourth-order valence-electron chi connectivity index (χ4n) is 1.13. The van der Waals surface area contributed by atoms with E-state index in [-0.39, 0.29) is 5.91 Å². The van der Waals surface area contributed by atoms with Crippen LogP contribution in [0.2, 0.25) is 0 Å². The number of nitrogens with one attached hydrogen (secondary N) is 1. The van der Waals surface area contributed by atoms with Crippen LogP contribution in [0, 0.1) is 0 Å². The molecule has 16 heavy (non-hydrogen) atoms. The third kappa shape index (κ3) is 6.80. The van der Waals surface area contributed by atoms with Crippen molar-refractivity contribution in [3.63, 3.8) is 0 Å². The standard InChI is InChI=1S/C10H20N4O2/c1-3-9(15)14-8(10(12)16)5-4-6-13-7(2)11/h8H,3-6H2,1-2H3,(H2,11,13)(H2,12,16)(H,14,15). The molecule has 6 nitrogen and oxygen atoms in total. The molecular weight excluding hydrogens is 208 g/mol. The van der Waals surface area contributed by atoms with Crippen molar-refractivity contribution in [2.24, 2.45) is 16.5 Å². The first kappa shape index (κ1) is 14.4. The van der Waals surface area contributed by atoms with Crippen molar-refractivity contribution in [3.8, 4) is 0 Å². The summed E-state index contributed by atoms with van der Waals surface area (Å²) in [4.78, 5) is 26.1. The van der Waals surface area contributed by atoms with E-state index in [0.717, 1.165) is 0 Å². The Labute approximate surface area is 95.5 Å². The average Bonchev–Trinajstić information content (AvgIpc) is 2.21. The quantitative estimate of drug-likeness (QED) is 0.311. The second-order valence-corrected chi connectivity index (χ2v) is 3.54. The summed E-state index contributed by atoms with van der Waals surface area (Å²) >= 11 is 0. The van der Waals surface area contributed by atoms with Crippen molar-refractivity contribution in [1.29, 1.82) is 0 Å². The predicted molar refractivity (Wildman–Crippen MR) is 62.8 cm³/mol. The molecule has 5 N–H and O–H groups in total. The molecule has 0 aliphatic rings. The number of amides is 2. The fraction of sp³-hybridized carbons (Fsp3) is 0.700. The SMILES string of the molecule is CCC(=O)NC(CCCN=C(C)N)C(N)=O. The molecule has 0 aliphatic heterocycles. The van der Waals surface area contributed by atoms with E-state index >= 15 is 0 Å². The molecule has 0 aromatic carbocycles. The molecule has 6 heteroatoms. The third-order valence-electron chi connectivity index (χ3n) is 2.01. The Kier molecular flexibility index (Phi) is 6.91. The van der Waals surface area contributed by atoms with E-state index in [1.54, 1.807) is 13.8 Å². The lowest BCUT2D eigenvalue weighted by Gasteiger charge is -2.14. The molecule has 92 valence electrons. The van der Waals surface area contributed by atoms with Crippen LogP contribution in [-0.4, -0.2) is 30.2 Å². The van der Waals surface area contributed by atoms with Gasteiger partial charge in [0.25, 0.3) is 0 Å². The number of nitrogens with zero attached hydrogens (tertiary/aromatic N) is 1. The second kappa shape index (κ2) is 7.67. The van der Waals surface area contributed by atoms with Gasteiger partial charge in [0.2, 0.25) is 11.8 Å². The summed E-state index contributed by atoms with van der Waals surface area (Å²) < 4.78 is 0. The Bertz CT molecular complexity index is 272.